The van der Waals surface area contributed by atoms with Crippen molar-refractivity contribution in [1.29, 1.82) is 0 Å². The Labute approximate surface area is 117 Å². The summed E-state index contributed by atoms with van der Waals surface area (Å²) in [6.45, 7) is 3.33. The Kier molecular flexibility index (Phi) is 3.14. The summed E-state index contributed by atoms with van der Waals surface area (Å²) in [4.78, 5) is 4.04. The fourth-order valence-corrected chi connectivity index (χ4v) is 3.20. The van der Waals surface area contributed by atoms with Crippen LogP contribution in [0.3, 0.4) is 0 Å². The zero-order valence-corrected chi connectivity index (χ0v) is 11.8. The van der Waals surface area contributed by atoms with Crippen LogP contribution in [0, 0.1) is 5.41 Å². The third-order valence-corrected chi connectivity index (χ3v) is 4.74. The molecule has 0 unspecified atom stereocenters. The SMILES string of the molecule is CC1(CNc2snc(N)c2-c2ccncc2)CCC1. The minimum atomic E-state index is 0.439. The molecule has 19 heavy (non-hydrogen) atoms. The highest BCUT2D eigenvalue weighted by molar-refractivity contribution is 7.11. The van der Waals surface area contributed by atoms with E-state index in [0.717, 1.165) is 22.7 Å². The van der Waals surface area contributed by atoms with Gasteiger partial charge in [-0.2, -0.15) is 4.37 Å². The minimum Gasteiger partial charge on any atom is -0.382 e. The number of rotatable bonds is 4. The average Bonchev–Trinajstić information content (AvgIpc) is 2.76. The second-order valence-corrected chi connectivity index (χ2v) is 6.30. The van der Waals surface area contributed by atoms with E-state index >= 15 is 0 Å². The van der Waals surface area contributed by atoms with E-state index < -0.39 is 0 Å². The van der Waals surface area contributed by atoms with Crippen LogP contribution in [0.2, 0.25) is 0 Å². The van der Waals surface area contributed by atoms with Gasteiger partial charge < -0.3 is 11.1 Å². The molecule has 0 saturated heterocycles. The van der Waals surface area contributed by atoms with Gasteiger partial charge in [0.15, 0.2) is 0 Å². The molecule has 0 radical (unpaired) electrons. The van der Waals surface area contributed by atoms with Gasteiger partial charge in [0.2, 0.25) is 0 Å². The maximum absolute atomic E-state index is 6.00. The highest BCUT2D eigenvalue weighted by Crippen LogP contribution is 2.42. The predicted molar refractivity (Wildman–Crippen MR) is 80.2 cm³/mol. The number of hydrogen-bond acceptors (Lipinski definition) is 5. The summed E-state index contributed by atoms with van der Waals surface area (Å²) in [6, 6.07) is 3.94. The number of nitrogen functional groups attached to an aromatic ring is 1. The molecule has 1 aliphatic rings. The number of nitrogens with two attached hydrogens (primary N) is 1. The predicted octanol–water partition coefficient (Wildman–Crippen LogP) is 3.39. The van der Waals surface area contributed by atoms with Gasteiger partial charge in [0.05, 0.1) is 5.56 Å². The van der Waals surface area contributed by atoms with E-state index in [1.807, 2.05) is 12.1 Å². The summed E-state index contributed by atoms with van der Waals surface area (Å²) in [5, 5.41) is 4.60. The van der Waals surface area contributed by atoms with Crippen LogP contribution in [0.1, 0.15) is 26.2 Å². The Morgan fingerprint density at radius 1 is 1.37 bits per heavy atom. The fourth-order valence-electron chi connectivity index (χ4n) is 2.47. The summed E-state index contributed by atoms with van der Waals surface area (Å²) in [5.74, 6) is 0.595. The number of nitrogens with one attached hydrogen (secondary N) is 1. The summed E-state index contributed by atoms with van der Waals surface area (Å²) in [6.07, 6.45) is 7.52. The standard InChI is InChI=1S/C14H18N4S/c1-14(5-2-6-14)9-17-13-11(12(15)18-19-13)10-3-7-16-8-4-10/h3-4,7-8,17H,2,5-6,9H2,1H3,(H2,15,18). The molecule has 1 aliphatic carbocycles. The van der Waals surface area contributed by atoms with Gasteiger partial charge >= 0.3 is 0 Å². The summed E-state index contributed by atoms with van der Waals surface area (Å²) in [5.41, 5.74) is 8.52. The molecular formula is C14H18N4S. The monoisotopic (exact) mass is 274 g/mol. The average molecular weight is 274 g/mol. The fraction of sp³-hybridized carbons (Fsp3) is 0.429. The highest BCUT2D eigenvalue weighted by atomic mass is 32.1. The highest BCUT2D eigenvalue weighted by Gasteiger charge is 2.31. The lowest BCUT2D eigenvalue weighted by molar-refractivity contribution is 0.180. The van der Waals surface area contributed by atoms with Crippen LogP contribution in [-0.2, 0) is 0 Å². The minimum absolute atomic E-state index is 0.439. The van der Waals surface area contributed by atoms with Crippen molar-refractivity contribution in [3.05, 3.63) is 24.5 Å². The second kappa shape index (κ2) is 4.81. The van der Waals surface area contributed by atoms with Crippen molar-refractivity contribution in [3.8, 4) is 11.1 Å². The van der Waals surface area contributed by atoms with E-state index in [-0.39, 0.29) is 0 Å². The molecule has 0 atom stereocenters. The molecule has 2 heterocycles. The van der Waals surface area contributed by atoms with Crippen molar-refractivity contribution in [3.63, 3.8) is 0 Å². The topological polar surface area (TPSA) is 63.8 Å². The lowest BCUT2D eigenvalue weighted by atomic mass is 9.70. The molecule has 0 spiro atoms. The normalized spacial score (nSPS) is 16.9. The summed E-state index contributed by atoms with van der Waals surface area (Å²) in [7, 11) is 0. The third-order valence-electron chi connectivity index (χ3n) is 3.92. The Morgan fingerprint density at radius 3 is 2.74 bits per heavy atom. The number of aromatic nitrogens is 2. The van der Waals surface area contributed by atoms with Crippen molar-refractivity contribution in [2.75, 3.05) is 17.6 Å². The van der Waals surface area contributed by atoms with Crippen molar-refractivity contribution in [2.45, 2.75) is 26.2 Å². The molecule has 0 aromatic carbocycles. The van der Waals surface area contributed by atoms with Crippen LogP contribution in [0.5, 0.6) is 0 Å². The largest absolute Gasteiger partial charge is 0.382 e. The molecule has 1 fully saturated rings. The van der Waals surface area contributed by atoms with Gasteiger partial charge in [-0.05, 0) is 47.5 Å². The first-order valence-corrected chi connectivity index (χ1v) is 7.35. The second-order valence-electron chi connectivity index (χ2n) is 5.53. The van der Waals surface area contributed by atoms with Crippen LogP contribution in [-0.4, -0.2) is 15.9 Å². The van der Waals surface area contributed by atoms with Crippen molar-refractivity contribution >= 4 is 22.4 Å². The zero-order chi connectivity index (χ0) is 13.3. The van der Waals surface area contributed by atoms with E-state index in [4.69, 9.17) is 5.73 Å². The summed E-state index contributed by atoms with van der Waals surface area (Å²) < 4.78 is 4.27. The Bertz CT molecular complexity index is 560. The first-order valence-electron chi connectivity index (χ1n) is 6.57. The van der Waals surface area contributed by atoms with Gasteiger partial charge in [0.1, 0.15) is 10.8 Å². The molecule has 3 rings (SSSR count). The quantitative estimate of drug-likeness (QED) is 0.897. The number of hydrogen-bond donors (Lipinski definition) is 2. The van der Waals surface area contributed by atoms with Gasteiger partial charge in [-0.15, -0.1) is 0 Å². The Morgan fingerprint density at radius 2 is 2.11 bits per heavy atom. The van der Waals surface area contributed by atoms with E-state index in [2.05, 4.69) is 21.6 Å². The molecule has 0 amide bonds. The van der Waals surface area contributed by atoms with Crippen LogP contribution in [0.25, 0.3) is 11.1 Å². The molecule has 3 N–H and O–H groups in total. The summed E-state index contributed by atoms with van der Waals surface area (Å²) >= 11 is 1.44. The van der Waals surface area contributed by atoms with E-state index in [1.54, 1.807) is 12.4 Å². The van der Waals surface area contributed by atoms with Crippen LogP contribution < -0.4 is 11.1 Å². The van der Waals surface area contributed by atoms with Gasteiger partial charge in [0, 0.05) is 18.9 Å². The maximum Gasteiger partial charge on any atom is 0.147 e. The van der Waals surface area contributed by atoms with Crippen molar-refractivity contribution < 1.29 is 0 Å². The van der Waals surface area contributed by atoms with E-state index in [1.165, 1.54) is 30.8 Å². The molecule has 5 heteroatoms. The first kappa shape index (κ1) is 12.4. The molecular weight excluding hydrogens is 256 g/mol. The molecule has 100 valence electrons. The van der Waals surface area contributed by atoms with Crippen LogP contribution in [0.15, 0.2) is 24.5 Å². The van der Waals surface area contributed by atoms with E-state index in [0.29, 0.717) is 11.2 Å². The molecule has 0 bridgehead atoms. The smallest absolute Gasteiger partial charge is 0.147 e. The van der Waals surface area contributed by atoms with Gasteiger partial charge in [0.25, 0.3) is 0 Å². The van der Waals surface area contributed by atoms with Crippen LogP contribution in [0.4, 0.5) is 10.8 Å². The third kappa shape index (κ3) is 2.42. The Balaban J connectivity index is 1.82. The Hall–Kier alpha value is -1.62. The van der Waals surface area contributed by atoms with E-state index in [9.17, 15) is 0 Å². The zero-order valence-electron chi connectivity index (χ0n) is 11.0. The molecule has 4 nitrogen and oxygen atoms in total. The lowest BCUT2D eigenvalue weighted by Gasteiger charge is -2.38. The number of pyridine rings is 1. The van der Waals surface area contributed by atoms with Crippen molar-refractivity contribution in [1.82, 2.24) is 9.36 Å². The maximum atomic E-state index is 6.00. The van der Waals surface area contributed by atoms with Gasteiger partial charge in [-0.3, -0.25) is 4.98 Å². The van der Waals surface area contributed by atoms with Gasteiger partial charge in [-0.1, -0.05) is 13.3 Å². The van der Waals surface area contributed by atoms with Crippen molar-refractivity contribution in [2.24, 2.45) is 5.41 Å². The molecule has 0 aliphatic heterocycles. The molecule has 2 aromatic heterocycles. The molecule has 2 aromatic rings. The lowest BCUT2D eigenvalue weighted by Crippen LogP contribution is -2.33. The van der Waals surface area contributed by atoms with Crippen LogP contribution >= 0.6 is 11.5 Å². The number of nitrogens with zero attached hydrogens (tertiary/aromatic N) is 2. The number of anilines is 2. The van der Waals surface area contributed by atoms with Gasteiger partial charge in [-0.25, -0.2) is 0 Å². The first-order chi connectivity index (χ1) is 9.18. The molecule has 1 saturated carbocycles.